The van der Waals surface area contributed by atoms with Gasteiger partial charge in [-0.2, -0.15) is 0 Å². The molecule has 2 rings (SSSR count). The second-order valence-corrected chi connectivity index (χ2v) is 5.64. The van der Waals surface area contributed by atoms with Crippen LogP contribution >= 0.6 is 0 Å². The maximum Gasteiger partial charge on any atom is 0.245 e. The van der Waals surface area contributed by atoms with Gasteiger partial charge < -0.3 is 10.2 Å². The second kappa shape index (κ2) is 4.67. The SMILES string of the molecule is CCC1NC(=O)C(C2CC2)N(CC(C)C)C1=O. The van der Waals surface area contributed by atoms with E-state index in [0.717, 1.165) is 12.8 Å². The highest BCUT2D eigenvalue weighted by Crippen LogP contribution is 2.37. The summed E-state index contributed by atoms with van der Waals surface area (Å²) >= 11 is 0. The molecule has 0 bridgehead atoms. The van der Waals surface area contributed by atoms with Gasteiger partial charge in [-0.3, -0.25) is 9.59 Å². The van der Waals surface area contributed by atoms with Gasteiger partial charge in [0.15, 0.2) is 0 Å². The summed E-state index contributed by atoms with van der Waals surface area (Å²) in [6.45, 7) is 6.81. The molecular weight excluding hydrogens is 216 g/mol. The third kappa shape index (κ3) is 2.45. The van der Waals surface area contributed by atoms with Crippen LogP contribution in [0.25, 0.3) is 0 Å². The molecule has 1 heterocycles. The summed E-state index contributed by atoms with van der Waals surface area (Å²) in [5.74, 6) is 0.969. The molecule has 17 heavy (non-hydrogen) atoms. The molecule has 0 aromatic carbocycles. The lowest BCUT2D eigenvalue weighted by atomic mass is 10.00. The Kier molecular flexibility index (Phi) is 3.40. The Bertz CT molecular complexity index is 323. The summed E-state index contributed by atoms with van der Waals surface area (Å²) in [4.78, 5) is 26.2. The summed E-state index contributed by atoms with van der Waals surface area (Å²) in [5, 5.41) is 2.86. The number of carbonyl (C=O) groups excluding carboxylic acids is 2. The number of carbonyl (C=O) groups is 2. The van der Waals surface area contributed by atoms with Gasteiger partial charge in [0.25, 0.3) is 0 Å². The lowest BCUT2D eigenvalue weighted by Gasteiger charge is -2.39. The average Bonchev–Trinajstić information content (AvgIpc) is 3.06. The molecule has 96 valence electrons. The predicted molar refractivity (Wildman–Crippen MR) is 65.3 cm³/mol. The Hall–Kier alpha value is -1.06. The van der Waals surface area contributed by atoms with Crippen molar-refractivity contribution in [3.63, 3.8) is 0 Å². The zero-order chi connectivity index (χ0) is 12.6. The van der Waals surface area contributed by atoms with E-state index >= 15 is 0 Å². The first-order valence-corrected chi connectivity index (χ1v) is 6.65. The van der Waals surface area contributed by atoms with Crippen molar-refractivity contribution < 1.29 is 9.59 Å². The normalized spacial score (nSPS) is 29.8. The summed E-state index contributed by atoms with van der Waals surface area (Å²) < 4.78 is 0. The summed E-state index contributed by atoms with van der Waals surface area (Å²) in [6, 6.07) is -0.510. The van der Waals surface area contributed by atoms with E-state index < -0.39 is 0 Å². The molecule has 2 atom stereocenters. The van der Waals surface area contributed by atoms with Crippen molar-refractivity contribution in [2.75, 3.05) is 6.54 Å². The van der Waals surface area contributed by atoms with Crippen LogP contribution in [0, 0.1) is 11.8 Å². The van der Waals surface area contributed by atoms with E-state index in [4.69, 9.17) is 0 Å². The van der Waals surface area contributed by atoms with Gasteiger partial charge in [-0.1, -0.05) is 20.8 Å². The van der Waals surface area contributed by atoms with Crippen LogP contribution in [-0.4, -0.2) is 35.3 Å². The number of nitrogens with one attached hydrogen (secondary N) is 1. The topological polar surface area (TPSA) is 49.4 Å². The van der Waals surface area contributed by atoms with E-state index in [2.05, 4.69) is 19.2 Å². The van der Waals surface area contributed by atoms with Gasteiger partial charge in [0.1, 0.15) is 12.1 Å². The van der Waals surface area contributed by atoms with Crippen molar-refractivity contribution >= 4 is 11.8 Å². The molecule has 2 unspecified atom stereocenters. The third-order valence-electron chi connectivity index (χ3n) is 3.54. The van der Waals surface area contributed by atoms with Crippen molar-refractivity contribution in [3.05, 3.63) is 0 Å². The maximum atomic E-state index is 12.3. The van der Waals surface area contributed by atoms with E-state index in [1.54, 1.807) is 0 Å². The summed E-state index contributed by atoms with van der Waals surface area (Å²) in [7, 11) is 0. The van der Waals surface area contributed by atoms with Crippen LogP contribution < -0.4 is 5.32 Å². The lowest BCUT2D eigenvalue weighted by molar-refractivity contribution is -0.150. The Morgan fingerprint density at radius 3 is 2.47 bits per heavy atom. The standard InChI is InChI=1S/C13H22N2O2/c1-4-10-13(17)15(7-8(2)3)11(9-5-6-9)12(16)14-10/h8-11H,4-7H2,1-3H3,(H,14,16). The van der Waals surface area contributed by atoms with Crippen molar-refractivity contribution in [3.8, 4) is 0 Å². The van der Waals surface area contributed by atoms with Crippen LogP contribution in [0.15, 0.2) is 0 Å². The zero-order valence-corrected chi connectivity index (χ0v) is 10.9. The Morgan fingerprint density at radius 2 is 2.00 bits per heavy atom. The van der Waals surface area contributed by atoms with Gasteiger partial charge in [0.2, 0.25) is 11.8 Å². The van der Waals surface area contributed by atoms with Crippen molar-refractivity contribution in [1.29, 1.82) is 0 Å². The van der Waals surface area contributed by atoms with Crippen LogP contribution in [-0.2, 0) is 9.59 Å². The van der Waals surface area contributed by atoms with Crippen molar-refractivity contribution in [2.24, 2.45) is 11.8 Å². The summed E-state index contributed by atoms with van der Waals surface area (Å²) in [5.41, 5.74) is 0. The van der Waals surface area contributed by atoms with Gasteiger partial charge in [-0.05, 0) is 31.1 Å². The van der Waals surface area contributed by atoms with E-state index in [-0.39, 0.29) is 23.9 Å². The Morgan fingerprint density at radius 1 is 1.35 bits per heavy atom. The number of piperazine rings is 1. The van der Waals surface area contributed by atoms with Gasteiger partial charge in [-0.25, -0.2) is 0 Å². The number of rotatable bonds is 4. The molecule has 4 heteroatoms. The first-order valence-electron chi connectivity index (χ1n) is 6.65. The fourth-order valence-electron chi connectivity index (χ4n) is 2.55. The smallest absolute Gasteiger partial charge is 0.245 e. The van der Waals surface area contributed by atoms with Crippen LogP contribution in [0.2, 0.25) is 0 Å². The highest BCUT2D eigenvalue weighted by atomic mass is 16.2. The quantitative estimate of drug-likeness (QED) is 0.799. The molecule has 0 aromatic heterocycles. The van der Waals surface area contributed by atoms with Gasteiger partial charge in [0.05, 0.1) is 0 Å². The molecule has 1 saturated carbocycles. The second-order valence-electron chi connectivity index (χ2n) is 5.64. The first kappa shape index (κ1) is 12.4. The van der Waals surface area contributed by atoms with E-state index in [1.807, 2.05) is 11.8 Å². The van der Waals surface area contributed by atoms with E-state index in [9.17, 15) is 9.59 Å². The van der Waals surface area contributed by atoms with Crippen LogP contribution in [0.1, 0.15) is 40.0 Å². The average molecular weight is 238 g/mol. The molecule has 0 aromatic rings. The molecule has 1 N–H and O–H groups in total. The highest BCUT2D eigenvalue weighted by molar-refractivity contribution is 5.97. The highest BCUT2D eigenvalue weighted by Gasteiger charge is 2.47. The van der Waals surface area contributed by atoms with E-state index in [1.165, 1.54) is 0 Å². The molecule has 4 nitrogen and oxygen atoms in total. The van der Waals surface area contributed by atoms with Crippen LogP contribution in [0.5, 0.6) is 0 Å². The van der Waals surface area contributed by atoms with Crippen molar-refractivity contribution in [1.82, 2.24) is 10.2 Å². The van der Waals surface area contributed by atoms with Crippen LogP contribution in [0.3, 0.4) is 0 Å². The lowest BCUT2D eigenvalue weighted by Crippen LogP contribution is -2.64. The zero-order valence-electron chi connectivity index (χ0n) is 10.9. The minimum atomic E-state index is -0.309. The van der Waals surface area contributed by atoms with Gasteiger partial charge in [-0.15, -0.1) is 0 Å². The molecule has 1 aliphatic heterocycles. The number of nitrogens with zero attached hydrogens (tertiary/aromatic N) is 1. The summed E-state index contributed by atoms with van der Waals surface area (Å²) in [6.07, 6.45) is 2.84. The molecule has 2 aliphatic rings. The van der Waals surface area contributed by atoms with Crippen molar-refractivity contribution in [2.45, 2.75) is 52.1 Å². The molecule has 1 saturated heterocycles. The van der Waals surface area contributed by atoms with E-state index in [0.29, 0.717) is 24.8 Å². The number of hydrogen-bond acceptors (Lipinski definition) is 2. The first-order chi connectivity index (χ1) is 8.04. The van der Waals surface area contributed by atoms with Gasteiger partial charge >= 0.3 is 0 Å². The fourth-order valence-corrected chi connectivity index (χ4v) is 2.55. The molecule has 2 fully saturated rings. The predicted octanol–water partition coefficient (Wildman–Crippen LogP) is 1.16. The fraction of sp³-hybridized carbons (Fsp3) is 0.846. The molecule has 0 spiro atoms. The minimum Gasteiger partial charge on any atom is -0.343 e. The Labute approximate surface area is 103 Å². The third-order valence-corrected chi connectivity index (χ3v) is 3.54. The maximum absolute atomic E-state index is 12.3. The van der Waals surface area contributed by atoms with Crippen LogP contribution in [0.4, 0.5) is 0 Å². The largest absolute Gasteiger partial charge is 0.343 e. The molecule has 0 radical (unpaired) electrons. The molecule has 2 amide bonds. The number of hydrogen-bond donors (Lipinski definition) is 1. The Balaban J connectivity index is 2.18. The van der Waals surface area contributed by atoms with Gasteiger partial charge in [0, 0.05) is 6.54 Å². The molecule has 1 aliphatic carbocycles. The molecular formula is C13H22N2O2. The monoisotopic (exact) mass is 238 g/mol. The number of amides is 2. The minimum absolute atomic E-state index is 0.0552.